The van der Waals surface area contributed by atoms with Crippen LogP contribution in [0.3, 0.4) is 0 Å². The monoisotopic (exact) mass is 347 g/mol. The number of rotatable bonds is 5. The molecule has 6 nitrogen and oxygen atoms in total. The SMILES string of the molecule is CN1CCN(CC(=O)c2cccn2S(=O)(=O)c2ccccc2)CC1. The van der Waals surface area contributed by atoms with Crippen molar-refractivity contribution in [3.8, 4) is 0 Å². The van der Waals surface area contributed by atoms with Crippen LogP contribution >= 0.6 is 0 Å². The molecule has 1 aromatic heterocycles. The van der Waals surface area contributed by atoms with Crippen molar-refractivity contribution in [2.24, 2.45) is 0 Å². The third-order valence-electron chi connectivity index (χ3n) is 4.26. The van der Waals surface area contributed by atoms with Gasteiger partial charge < -0.3 is 4.90 Å². The van der Waals surface area contributed by atoms with Crippen LogP contribution in [0.4, 0.5) is 0 Å². The topological polar surface area (TPSA) is 62.6 Å². The number of Topliss-reactive ketones (excluding diaryl/α,β-unsaturated/α-hetero) is 1. The van der Waals surface area contributed by atoms with Crippen LogP contribution in [-0.4, -0.2) is 67.7 Å². The van der Waals surface area contributed by atoms with Crippen LogP contribution in [-0.2, 0) is 10.0 Å². The first-order valence-electron chi connectivity index (χ1n) is 7.90. The molecule has 24 heavy (non-hydrogen) atoms. The number of hydrogen-bond donors (Lipinski definition) is 0. The molecular weight excluding hydrogens is 326 g/mol. The van der Waals surface area contributed by atoms with Crippen molar-refractivity contribution in [3.63, 3.8) is 0 Å². The van der Waals surface area contributed by atoms with Gasteiger partial charge in [0.15, 0.2) is 5.78 Å². The summed E-state index contributed by atoms with van der Waals surface area (Å²) >= 11 is 0. The second kappa shape index (κ2) is 6.88. The highest BCUT2D eigenvalue weighted by atomic mass is 32.2. The quantitative estimate of drug-likeness (QED) is 0.760. The van der Waals surface area contributed by atoms with Crippen LogP contribution in [0, 0.1) is 0 Å². The Morgan fingerprint density at radius 3 is 2.33 bits per heavy atom. The second-order valence-corrected chi connectivity index (χ2v) is 7.82. The summed E-state index contributed by atoms with van der Waals surface area (Å²) in [6, 6.07) is 11.3. The highest BCUT2D eigenvalue weighted by molar-refractivity contribution is 7.90. The minimum Gasteiger partial charge on any atom is -0.304 e. The fourth-order valence-corrected chi connectivity index (χ4v) is 4.17. The molecule has 0 bridgehead atoms. The lowest BCUT2D eigenvalue weighted by atomic mass is 10.2. The number of carbonyl (C=O) groups is 1. The number of carbonyl (C=O) groups excluding carboxylic acids is 1. The van der Waals surface area contributed by atoms with E-state index < -0.39 is 10.0 Å². The lowest BCUT2D eigenvalue weighted by molar-refractivity contribution is 0.0870. The van der Waals surface area contributed by atoms with Crippen LogP contribution in [0.5, 0.6) is 0 Å². The van der Waals surface area contributed by atoms with Gasteiger partial charge in [0.1, 0.15) is 5.69 Å². The molecule has 3 rings (SSSR count). The van der Waals surface area contributed by atoms with E-state index in [-0.39, 0.29) is 22.9 Å². The maximum absolute atomic E-state index is 12.7. The van der Waals surface area contributed by atoms with Gasteiger partial charge in [0, 0.05) is 32.4 Å². The van der Waals surface area contributed by atoms with E-state index in [1.165, 1.54) is 18.3 Å². The van der Waals surface area contributed by atoms with E-state index in [0.717, 1.165) is 30.2 Å². The zero-order chi connectivity index (χ0) is 17.2. The number of aromatic nitrogens is 1. The van der Waals surface area contributed by atoms with Gasteiger partial charge in [-0.3, -0.25) is 9.69 Å². The van der Waals surface area contributed by atoms with E-state index in [2.05, 4.69) is 16.8 Å². The second-order valence-electron chi connectivity index (χ2n) is 6.01. The molecule has 1 saturated heterocycles. The Morgan fingerprint density at radius 2 is 1.67 bits per heavy atom. The zero-order valence-corrected chi connectivity index (χ0v) is 14.4. The summed E-state index contributed by atoms with van der Waals surface area (Å²) in [5.74, 6) is -0.177. The Bertz CT molecular complexity index is 807. The summed E-state index contributed by atoms with van der Waals surface area (Å²) < 4.78 is 26.6. The highest BCUT2D eigenvalue weighted by Gasteiger charge is 2.24. The van der Waals surface area contributed by atoms with Gasteiger partial charge in [-0.05, 0) is 31.3 Å². The van der Waals surface area contributed by atoms with E-state index >= 15 is 0 Å². The summed E-state index contributed by atoms with van der Waals surface area (Å²) in [5.41, 5.74) is 0.206. The van der Waals surface area contributed by atoms with Crippen LogP contribution in [0.2, 0.25) is 0 Å². The molecule has 1 aliphatic heterocycles. The van der Waals surface area contributed by atoms with Crippen LogP contribution in [0.1, 0.15) is 10.5 Å². The van der Waals surface area contributed by atoms with E-state index in [9.17, 15) is 13.2 Å². The summed E-state index contributed by atoms with van der Waals surface area (Å²) in [6.45, 7) is 3.69. The number of ketones is 1. The zero-order valence-electron chi connectivity index (χ0n) is 13.6. The maximum Gasteiger partial charge on any atom is 0.268 e. The molecule has 7 heteroatoms. The van der Waals surface area contributed by atoms with Crippen molar-refractivity contribution in [3.05, 3.63) is 54.4 Å². The first-order chi connectivity index (χ1) is 11.5. The van der Waals surface area contributed by atoms with Gasteiger partial charge in [0.05, 0.1) is 11.4 Å². The summed E-state index contributed by atoms with van der Waals surface area (Å²) in [5, 5.41) is 0. The third-order valence-corrected chi connectivity index (χ3v) is 5.97. The average molecular weight is 347 g/mol. The van der Waals surface area contributed by atoms with Crippen molar-refractivity contribution >= 4 is 15.8 Å². The number of benzene rings is 1. The molecule has 0 atom stereocenters. The Balaban J connectivity index is 1.81. The van der Waals surface area contributed by atoms with Gasteiger partial charge in [0.2, 0.25) is 0 Å². The van der Waals surface area contributed by atoms with Gasteiger partial charge in [-0.15, -0.1) is 0 Å². The third kappa shape index (κ3) is 3.43. The normalized spacial score (nSPS) is 17.0. The van der Waals surface area contributed by atoms with E-state index in [0.29, 0.717) is 0 Å². The Morgan fingerprint density at radius 1 is 1.00 bits per heavy atom. The molecule has 1 aliphatic rings. The lowest BCUT2D eigenvalue weighted by Gasteiger charge is -2.31. The fraction of sp³-hybridized carbons (Fsp3) is 0.353. The maximum atomic E-state index is 12.7. The Kier molecular flexibility index (Phi) is 4.84. The highest BCUT2D eigenvalue weighted by Crippen LogP contribution is 2.17. The lowest BCUT2D eigenvalue weighted by Crippen LogP contribution is -2.46. The van der Waals surface area contributed by atoms with Crippen molar-refractivity contribution in [1.82, 2.24) is 13.8 Å². The van der Waals surface area contributed by atoms with E-state index in [1.54, 1.807) is 30.3 Å². The molecule has 2 aromatic rings. The van der Waals surface area contributed by atoms with Crippen molar-refractivity contribution in [1.29, 1.82) is 0 Å². The van der Waals surface area contributed by atoms with Crippen LogP contribution in [0.15, 0.2) is 53.6 Å². The van der Waals surface area contributed by atoms with Crippen molar-refractivity contribution < 1.29 is 13.2 Å². The molecule has 1 fully saturated rings. The van der Waals surface area contributed by atoms with Gasteiger partial charge in [0.25, 0.3) is 10.0 Å². The first-order valence-corrected chi connectivity index (χ1v) is 9.34. The molecule has 0 aliphatic carbocycles. The molecular formula is C17H21N3O3S. The minimum atomic E-state index is -3.75. The van der Waals surface area contributed by atoms with Gasteiger partial charge >= 0.3 is 0 Å². The van der Waals surface area contributed by atoms with Gasteiger partial charge in [-0.1, -0.05) is 18.2 Å². The Labute approximate surface area is 142 Å². The van der Waals surface area contributed by atoms with E-state index in [1.807, 2.05) is 0 Å². The molecule has 0 radical (unpaired) electrons. The molecule has 0 amide bonds. The minimum absolute atomic E-state index is 0.176. The molecule has 0 unspecified atom stereocenters. The average Bonchev–Trinajstić information content (AvgIpc) is 3.08. The predicted molar refractivity (Wildman–Crippen MR) is 91.7 cm³/mol. The summed E-state index contributed by atoms with van der Waals surface area (Å²) in [7, 11) is -1.70. The van der Waals surface area contributed by atoms with E-state index in [4.69, 9.17) is 0 Å². The first kappa shape index (κ1) is 16.9. The smallest absolute Gasteiger partial charge is 0.268 e. The standard InChI is InChI=1S/C17H21N3O3S/c1-18-10-12-19(13-11-18)14-17(21)16-8-5-9-20(16)24(22,23)15-6-3-2-4-7-15/h2-9H,10-14H2,1H3. The van der Waals surface area contributed by atoms with Crippen molar-refractivity contribution in [2.75, 3.05) is 39.8 Å². The van der Waals surface area contributed by atoms with Gasteiger partial charge in [-0.25, -0.2) is 12.4 Å². The molecule has 128 valence electrons. The molecule has 2 heterocycles. The molecule has 0 spiro atoms. The molecule has 0 saturated carbocycles. The summed E-state index contributed by atoms with van der Waals surface area (Å²) in [4.78, 5) is 17.1. The van der Waals surface area contributed by atoms with Crippen LogP contribution < -0.4 is 0 Å². The van der Waals surface area contributed by atoms with Crippen LogP contribution in [0.25, 0.3) is 0 Å². The van der Waals surface area contributed by atoms with Crippen molar-refractivity contribution in [2.45, 2.75) is 4.90 Å². The molecule has 1 aromatic carbocycles. The molecule has 0 N–H and O–H groups in total. The van der Waals surface area contributed by atoms with Gasteiger partial charge in [-0.2, -0.15) is 0 Å². The number of nitrogens with zero attached hydrogens (tertiary/aromatic N) is 3. The predicted octanol–water partition coefficient (Wildman–Crippen LogP) is 1.16. The number of likely N-dealkylation sites (N-methyl/N-ethyl adjacent to an activating group) is 1. The number of hydrogen-bond acceptors (Lipinski definition) is 5. The largest absolute Gasteiger partial charge is 0.304 e. The fourth-order valence-electron chi connectivity index (χ4n) is 2.79. The Hall–Kier alpha value is -1.96. The number of piperazine rings is 1. The summed E-state index contributed by atoms with van der Waals surface area (Å²) in [6.07, 6.45) is 1.43.